The molecule has 0 radical (unpaired) electrons. The number of likely N-dealkylation sites (N-methyl/N-ethyl adjacent to an activating group) is 1. The van der Waals surface area contributed by atoms with E-state index >= 15 is 0 Å². The minimum atomic E-state index is -0.505. The molecule has 1 rings (SSSR count). The van der Waals surface area contributed by atoms with Crippen LogP contribution in [0.1, 0.15) is 17.3 Å². The van der Waals surface area contributed by atoms with Crippen molar-refractivity contribution in [2.75, 3.05) is 13.6 Å². The van der Waals surface area contributed by atoms with Crippen LogP contribution in [0.4, 0.5) is 0 Å². The summed E-state index contributed by atoms with van der Waals surface area (Å²) in [6, 6.07) is 7.16. The number of amides is 1. The summed E-state index contributed by atoms with van der Waals surface area (Å²) in [7, 11) is 1.68. The molecule has 0 saturated heterocycles. The second-order valence-corrected chi connectivity index (χ2v) is 4.46. The van der Waals surface area contributed by atoms with E-state index in [9.17, 15) is 4.79 Å². The molecule has 3 nitrogen and oxygen atoms in total. The SMILES string of the molecule is CC(O)CN(C)C(=O)c1ccc(Br)cc1. The molecule has 0 heterocycles. The Morgan fingerprint density at radius 1 is 1.47 bits per heavy atom. The van der Waals surface area contributed by atoms with E-state index in [0.29, 0.717) is 12.1 Å². The van der Waals surface area contributed by atoms with Crippen molar-refractivity contribution in [3.8, 4) is 0 Å². The first kappa shape index (κ1) is 12.2. The predicted octanol–water partition coefficient (Wildman–Crippen LogP) is 1.90. The third kappa shape index (κ3) is 3.64. The standard InChI is InChI=1S/C11H14BrNO2/c1-8(14)7-13(2)11(15)9-3-5-10(12)6-4-9/h3-6,8,14H,7H2,1-2H3. The zero-order valence-electron chi connectivity index (χ0n) is 8.77. The summed E-state index contributed by atoms with van der Waals surface area (Å²) in [6.07, 6.45) is -0.505. The third-order valence-electron chi connectivity index (χ3n) is 1.98. The average Bonchev–Trinajstić information content (AvgIpc) is 2.17. The number of hydrogen-bond donors (Lipinski definition) is 1. The Balaban J connectivity index is 2.72. The van der Waals surface area contributed by atoms with Gasteiger partial charge in [0.05, 0.1) is 6.10 Å². The molecule has 0 aliphatic carbocycles. The molecule has 0 spiro atoms. The van der Waals surface area contributed by atoms with Gasteiger partial charge in [0.15, 0.2) is 0 Å². The quantitative estimate of drug-likeness (QED) is 0.913. The number of carbonyl (C=O) groups is 1. The summed E-state index contributed by atoms with van der Waals surface area (Å²) in [5.41, 5.74) is 0.626. The summed E-state index contributed by atoms with van der Waals surface area (Å²) in [5, 5.41) is 9.16. The van der Waals surface area contributed by atoms with Crippen molar-refractivity contribution in [1.82, 2.24) is 4.90 Å². The molecule has 0 aliphatic rings. The minimum Gasteiger partial charge on any atom is -0.392 e. The van der Waals surface area contributed by atoms with Crippen molar-refractivity contribution < 1.29 is 9.90 Å². The van der Waals surface area contributed by atoms with E-state index in [1.54, 1.807) is 26.1 Å². The van der Waals surface area contributed by atoms with Gasteiger partial charge in [0.1, 0.15) is 0 Å². The first-order valence-corrected chi connectivity index (χ1v) is 5.49. The summed E-state index contributed by atoms with van der Waals surface area (Å²) < 4.78 is 0.942. The number of nitrogens with zero attached hydrogens (tertiary/aromatic N) is 1. The van der Waals surface area contributed by atoms with Crippen LogP contribution in [0, 0.1) is 0 Å². The highest BCUT2D eigenvalue weighted by atomic mass is 79.9. The maximum absolute atomic E-state index is 11.8. The summed E-state index contributed by atoms with van der Waals surface area (Å²) in [5.74, 6) is -0.0802. The molecule has 4 heteroatoms. The fraction of sp³-hybridized carbons (Fsp3) is 0.364. The van der Waals surface area contributed by atoms with Crippen LogP contribution in [0.15, 0.2) is 28.7 Å². The average molecular weight is 272 g/mol. The molecular formula is C11H14BrNO2. The second kappa shape index (κ2) is 5.28. The van der Waals surface area contributed by atoms with Gasteiger partial charge in [-0.2, -0.15) is 0 Å². The molecule has 0 saturated carbocycles. The van der Waals surface area contributed by atoms with Gasteiger partial charge in [-0.05, 0) is 31.2 Å². The molecule has 1 atom stereocenters. The number of benzene rings is 1. The van der Waals surface area contributed by atoms with E-state index < -0.39 is 6.10 Å². The number of rotatable bonds is 3. The van der Waals surface area contributed by atoms with Crippen LogP contribution >= 0.6 is 15.9 Å². The van der Waals surface area contributed by atoms with Crippen molar-refractivity contribution in [2.24, 2.45) is 0 Å². The maximum Gasteiger partial charge on any atom is 0.253 e. The van der Waals surface area contributed by atoms with Gasteiger partial charge < -0.3 is 10.0 Å². The zero-order chi connectivity index (χ0) is 11.4. The Bertz CT molecular complexity index is 335. The Kier molecular flexibility index (Phi) is 4.29. The highest BCUT2D eigenvalue weighted by molar-refractivity contribution is 9.10. The lowest BCUT2D eigenvalue weighted by atomic mass is 10.2. The van der Waals surface area contributed by atoms with E-state index in [0.717, 1.165) is 4.47 Å². The van der Waals surface area contributed by atoms with E-state index in [-0.39, 0.29) is 5.91 Å². The summed E-state index contributed by atoms with van der Waals surface area (Å²) >= 11 is 3.31. The largest absolute Gasteiger partial charge is 0.392 e. The number of aliphatic hydroxyl groups excluding tert-OH is 1. The van der Waals surface area contributed by atoms with Crippen LogP contribution in [-0.4, -0.2) is 35.6 Å². The monoisotopic (exact) mass is 271 g/mol. The van der Waals surface area contributed by atoms with Crippen molar-refractivity contribution in [2.45, 2.75) is 13.0 Å². The molecule has 0 aromatic heterocycles. The van der Waals surface area contributed by atoms with Crippen LogP contribution in [0.25, 0.3) is 0 Å². The van der Waals surface area contributed by atoms with Crippen molar-refractivity contribution >= 4 is 21.8 Å². The molecule has 0 aliphatic heterocycles. The number of hydrogen-bond acceptors (Lipinski definition) is 2. The topological polar surface area (TPSA) is 40.5 Å². The zero-order valence-corrected chi connectivity index (χ0v) is 10.4. The van der Waals surface area contributed by atoms with Crippen LogP contribution < -0.4 is 0 Å². The molecule has 1 amide bonds. The number of carbonyl (C=O) groups excluding carboxylic acids is 1. The summed E-state index contributed by atoms with van der Waals surface area (Å²) in [4.78, 5) is 13.3. The predicted molar refractivity (Wildman–Crippen MR) is 62.8 cm³/mol. The number of halogens is 1. The molecule has 1 aromatic carbocycles. The molecule has 1 aromatic rings. The van der Waals surface area contributed by atoms with Gasteiger partial charge in [-0.1, -0.05) is 15.9 Å². The van der Waals surface area contributed by atoms with Gasteiger partial charge in [0.25, 0.3) is 5.91 Å². The second-order valence-electron chi connectivity index (χ2n) is 3.54. The van der Waals surface area contributed by atoms with Gasteiger partial charge in [-0.25, -0.2) is 0 Å². The molecular weight excluding hydrogens is 258 g/mol. The van der Waals surface area contributed by atoms with Crippen molar-refractivity contribution in [1.29, 1.82) is 0 Å². The Labute approximate surface area is 97.8 Å². The Morgan fingerprint density at radius 2 is 2.00 bits per heavy atom. The molecule has 15 heavy (non-hydrogen) atoms. The molecule has 1 unspecified atom stereocenters. The number of aliphatic hydroxyl groups is 1. The Morgan fingerprint density at radius 3 is 2.47 bits per heavy atom. The fourth-order valence-electron chi connectivity index (χ4n) is 1.29. The van der Waals surface area contributed by atoms with Crippen molar-refractivity contribution in [3.63, 3.8) is 0 Å². The smallest absolute Gasteiger partial charge is 0.253 e. The first-order valence-electron chi connectivity index (χ1n) is 4.70. The maximum atomic E-state index is 11.8. The molecule has 1 N–H and O–H groups in total. The van der Waals surface area contributed by atoms with Crippen molar-refractivity contribution in [3.05, 3.63) is 34.3 Å². The lowest BCUT2D eigenvalue weighted by Gasteiger charge is -2.18. The van der Waals surface area contributed by atoms with Crippen LogP contribution in [0.3, 0.4) is 0 Å². The highest BCUT2D eigenvalue weighted by Gasteiger charge is 2.12. The normalized spacial score (nSPS) is 12.3. The van der Waals surface area contributed by atoms with Crippen LogP contribution in [-0.2, 0) is 0 Å². The minimum absolute atomic E-state index is 0.0802. The van der Waals surface area contributed by atoms with Gasteiger partial charge in [-0.3, -0.25) is 4.79 Å². The third-order valence-corrected chi connectivity index (χ3v) is 2.50. The molecule has 0 bridgehead atoms. The summed E-state index contributed by atoms with van der Waals surface area (Å²) in [6.45, 7) is 2.00. The van der Waals surface area contributed by atoms with Crippen LogP contribution in [0.2, 0.25) is 0 Å². The fourth-order valence-corrected chi connectivity index (χ4v) is 1.56. The van der Waals surface area contributed by atoms with E-state index in [1.165, 1.54) is 4.90 Å². The highest BCUT2D eigenvalue weighted by Crippen LogP contribution is 2.11. The van der Waals surface area contributed by atoms with Gasteiger partial charge >= 0.3 is 0 Å². The first-order chi connectivity index (χ1) is 7.00. The van der Waals surface area contributed by atoms with Gasteiger partial charge in [0.2, 0.25) is 0 Å². The molecule has 82 valence electrons. The van der Waals surface area contributed by atoms with E-state index in [1.807, 2.05) is 12.1 Å². The molecule has 0 fully saturated rings. The van der Waals surface area contributed by atoms with Gasteiger partial charge in [0, 0.05) is 23.6 Å². The van der Waals surface area contributed by atoms with Crippen LogP contribution in [0.5, 0.6) is 0 Å². The Hall–Kier alpha value is -0.870. The lowest BCUT2D eigenvalue weighted by Crippen LogP contribution is -2.32. The van der Waals surface area contributed by atoms with Gasteiger partial charge in [-0.15, -0.1) is 0 Å². The van der Waals surface area contributed by atoms with E-state index in [4.69, 9.17) is 5.11 Å². The lowest BCUT2D eigenvalue weighted by molar-refractivity contribution is 0.0703. The van der Waals surface area contributed by atoms with E-state index in [2.05, 4.69) is 15.9 Å².